The molecule has 2 aliphatic heterocycles. The number of carbonyl (C=O) groups is 2. The normalized spacial score (nSPS) is 30.7. The number of nitrogens with one attached hydrogen (secondary N) is 4. The maximum Gasteiger partial charge on any atom is 0.243 e. The molecule has 0 aromatic heterocycles. The predicted octanol–water partition coefficient (Wildman–Crippen LogP) is 3.29. The van der Waals surface area contributed by atoms with Crippen molar-refractivity contribution in [1.82, 2.24) is 16.0 Å². The van der Waals surface area contributed by atoms with Crippen molar-refractivity contribution < 1.29 is 9.59 Å². The SMILES string of the molecule is Cc1cccc2c1NC(C(=O)NC(C1CC1)C1NCC(C(=O)NC3CCCCC3)CC1C)C2. The number of amides is 2. The molecule has 33 heavy (non-hydrogen) atoms. The highest BCUT2D eigenvalue weighted by Gasteiger charge is 2.44. The van der Waals surface area contributed by atoms with Crippen LogP contribution in [-0.4, -0.2) is 42.5 Å². The zero-order valence-electron chi connectivity index (χ0n) is 20.2. The fraction of sp³-hybridized carbons (Fsp3) is 0.704. The fourth-order valence-corrected chi connectivity index (χ4v) is 6.33. The molecule has 180 valence electrons. The molecule has 1 aromatic rings. The molecule has 1 aromatic carbocycles. The van der Waals surface area contributed by atoms with Gasteiger partial charge in [0, 0.05) is 36.8 Å². The summed E-state index contributed by atoms with van der Waals surface area (Å²) in [6, 6.07) is 6.81. The molecule has 2 aliphatic carbocycles. The number of anilines is 1. The van der Waals surface area contributed by atoms with Gasteiger partial charge < -0.3 is 21.3 Å². The van der Waals surface area contributed by atoms with Crippen molar-refractivity contribution in [2.24, 2.45) is 17.8 Å². The van der Waals surface area contributed by atoms with E-state index in [4.69, 9.17) is 0 Å². The fourth-order valence-electron chi connectivity index (χ4n) is 6.33. The van der Waals surface area contributed by atoms with Crippen LogP contribution >= 0.6 is 0 Å². The van der Waals surface area contributed by atoms with Gasteiger partial charge in [-0.2, -0.15) is 0 Å². The molecule has 0 spiro atoms. The molecule has 1 saturated heterocycles. The maximum atomic E-state index is 13.2. The van der Waals surface area contributed by atoms with E-state index in [1.807, 2.05) is 0 Å². The van der Waals surface area contributed by atoms with Crippen molar-refractivity contribution in [3.05, 3.63) is 29.3 Å². The summed E-state index contributed by atoms with van der Waals surface area (Å²) in [5, 5.41) is 13.9. The minimum Gasteiger partial charge on any atom is -0.373 e. The van der Waals surface area contributed by atoms with Gasteiger partial charge >= 0.3 is 0 Å². The Labute approximate surface area is 198 Å². The highest BCUT2D eigenvalue weighted by molar-refractivity contribution is 5.88. The summed E-state index contributed by atoms with van der Waals surface area (Å²) in [4.78, 5) is 26.1. The summed E-state index contributed by atoms with van der Waals surface area (Å²) >= 11 is 0. The zero-order chi connectivity index (χ0) is 22.9. The van der Waals surface area contributed by atoms with Gasteiger partial charge in [-0.1, -0.05) is 44.4 Å². The van der Waals surface area contributed by atoms with E-state index in [0.29, 0.717) is 24.4 Å². The molecule has 5 rings (SSSR count). The topological polar surface area (TPSA) is 82.3 Å². The number of aryl methyl sites for hydroxylation is 1. The van der Waals surface area contributed by atoms with Gasteiger partial charge in [0.05, 0.1) is 5.92 Å². The number of hydrogen-bond donors (Lipinski definition) is 4. The quantitative estimate of drug-likeness (QED) is 0.534. The molecule has 2 saturated carbocycles. The van der Waals surface area contributed by atoms with Crippen LogP contribution in [0.3, 0.4) is 0 Å². The van der Waals surface area contributed by atoms with E-state index in [1.165, 1.54) is 43.2 Å². The Hall–Kier alpha value is -2.08. The van der Waals surface area contributed by atoms with Crippen LogP contribution in [0.25, 0.3) is 0 Å². The Morgan fingerprint density at radius 2 is 1.85 bits per heavy atom. The third-order valence-corrected chi connectivity index (χ3v) is 8.44. The zero-order valence-corrected chi connectivity index (χ0v) is 20.2. The Morgan fingerprint density at radius 1 is 1.06 bits per heavy atom. The van der Waals surface area contributed by atoms with Crippen LogP contribution in [0.15, 0.2) is 18.2 Å². The van der Waals surface area contributed by atoms with Gasteiger partial charge in [0.15, 0.2) is 0 Å². The molecular weight excluding hydrogens is 412 g/mol. The third kappa shape index (κ3) is 5.06. The Balaban J connectivity index is 1.17. The summed E-state index contributed by atoms with van der Waals surface area (Å²) in [6.45, 7) is 5.04. The monoisotopic (exact) mass is 452 g/mol. The second-order valence-corrected chi connectivity index (χ2v) is 11.1. The van der Waals surface area contributed by atoms with E-state index in [1.54, 1.807) is 0 Å². The van der Waals surface area contributed by atoms with E-state index in [-0.39, 0.29) is 35.9 Å². The Kier molecular flexibility index (Phi) is 6.64. The number of rotatable bonds is 6. The van der Waals surface area contributed by atoms with E-state index >= 15 is 0 Å². The molecule has 2 amide bonds. The number of carbonyl (C=O) groups excluding carboxylic acids is 2. The minimum atomic E-state index is -0.199. The van der Waals surface area contributed by atoms with Crippen LogP contribution in [0, 0.1) is 24.7 Å². The Bertz CT molecular complexity index is 877. The van der Waals surface area contributed by atoms with Crippen molar-refractivity contribution in [3.8, 4) is 0 Å². The summed E-state index contributed by atoms with van der Waals surface area (Å²) in [6.07, 6.45) is 10.0. The van der Waals surface area contributed by atoms with Crippen LogP contribution in [0.4, 0.5) is 5.69 Å². The largest absolute Gasteiger partial charge is 0.373 e. The molecule has 6 nitrogen and oxygen atoms in total. The molecule has 6 heteroatoms. The van der Waals surface area contributed by atoms with E-state index in [2.05, 4.69) is 53.3 Å². The lowest BCUT2D eigenvalue weighted by atomic mass is 9.80. The van der Waals surface area contributed by atoms with Crippen LogP contribution in [0.1, 0.15) is 69.4 Å². The minimum absolute atomic E-state index is 0.0303. The first-order chi connectivity index (χ1) is 16.0. The van der Waals surface area contributed by atoms with Crippen molar-refractivity contribution >= 4 is 17.5 Å². The van der Waals surface area contributed by atoms with Gasteiger partial charge in [-0.15, -0.1) is 0 Å². The van der Waals surface area contributed by atoms with Crippen molar-refractivity contribution in [2.75, 3.05) is 11.9 Å². The van der Waals surface area contributed by atoms with Gasteiger partial charge in [0.25, 0.3) is 0 Å². The molecule has 4 aliphatic rings. The van der Waals surface area contributed by atoms with Gasteiger partial charge in [0.1, 0.15) is 6.04 Å². The molecule has 0 bridgehead atoms. The molecule has 2 heterocycles. The average Bonchev–Trinajstić information content (AvgIpc) is 3.56. The highest BCUT2D eigenvalue weighted by Crippen LogP contribution is 2.38. The average molecular weight is 453 g/mol. The van der Waals surface area contributed by atoms with Gasteiger partial charge in [-0.3, -0.25) is 9.59 Å². The number of benzene rings is 1. The van der Waals surface area contributed by atoms with Crippen molar-refractivity contribution in [1.29, 1.82) is 0 Å². The van der Waals surface area contributed by atoms with E-state index in [9.17, 15) is 9.59 Å². The summed E-state index contributed by atoms with van der Waals surface area (Å²) in [5.74, 6) is 1.25. The smallest absolute Gasteiger partial charge is 0.243 e. The molecule has 4 N–H and O–H groups in total. The molecule has 5 unspecified atom stereocenters. The lowest BCUT2D eigenvalue weighted by Crippen LogP contribution is -2.60. The van der Waals surface area contributed by atoms with E-state index in [0.717, 1.165) is 31.4 Å². The first-order valence-corrected chi connectivity index (χ1v) is 13.2. The second-order valence-electron chi connectivity index (χ2n) is 11.1. The number of piperidine rings is 1. The molecule has 3 fully saturated rings. The Morgan fingerprint density at radius 3 is 2.55 bits per heavy atom. The second kappa shape index (κ2) is 9.65. The summed E-state index contributed by atoms with van der Waals surface area (Å²) in [7, 11) is 0. The van der Waals surface area contributed by atoms with Crippen LogP contribution in [0.2, 0.25) is 0 Å². The summed E-state index contributed by atoms with van der Waals surface area (Å²) in [5.41, 5.74) is 3.55. The number of hydrogen-bond acceptors (Lipinski definition) is 4. The number of para-hydroxylation sites is 1. The predicted molar refractivity (Wildman–Crippen MR) is 131 cm³/mol. The first-order valence-electron chi connectivity index (χ1n) is 13.2. The number of fused-ring (bicyclic) bond motifs is 1. The van der Waals surface area contributed by atoms with E-state index < -0.39 is 0 Å². The standard InChI is InChI=1S/C27H40N4O2/c1-16-7-6-8-19-14-22(30-23(16)19)27(33)31-25(18-11-12-18)24-17(2)13-20(15-28-24)26(32)29-21-9-4-3-5-10-21/h6-8,17-18,20-22,24-25,28,30H,3-5,9-15H2,1-2H3,(H,29,32)(H,31,33). The lowest BCUT2D eigenvalue weighted by Gasteiger charge is -2.40. The van der Waals surface area contributed by atoms with Crippen molar-refractivity contribution in [2.45, 2.75) is 95.8 Å². The lowest BCUT2D eigenvalue weighted by molar-refractivity contribution is -0.128. The third-order valence-electron chi connectivity index (χ3n) is 8.44. The molecular formula is C27H40N4O2. The van der Waals surface area contributed by atoms with Gasteiger partial charge in [-0.25, -0.2) is 0 Å². The highest BCUT2D eigenvalue weighted by atomic mass is 16.2. The van der Waals surface area contributed by atoms with Gasteiger partial charge in [-0.05, 0) is 62.0 Å². The summed E-state index contributed by atoms with van der Waals surface area (Å²) < 4.78 is 0. The molecule has 5 atom stereocenters. The van der Waals surface area contributed by atoms with Crippen LogP contribution in [-0.2, 0) is 16.0 Å². The first kappa shape index (κ1) is 22.7. The maximum absolute atomic E-state index is 13.2. The van der Waals surface area contributed by atoms with Crippen LogP contribution < -0.4 is 21.3 Å². The van der Waals surface area contributed by atoms with Gasteiger partial charge in [0.2, 0.25) is 11.8 Å². The molecule has 0 radical (unpaired) electrons. The van der Waals surface area contributed by atoms with Crippen LogP contribution in [0.5, 0.6) is 0 Å². The van der Waals surface area contributed by atoms with Crippen molar-refractivity contribution in [3.63, 3.8) is 0 Å².